The molecular formula is C17H26O7. The molecule has 0 spiro atoms. The normalized spacial score (nSPS) is 10.7. The molecule has 0 fully saturated rings. The van der Waals surface area contributed by atoms with Gasteiger partial charge in [-0.2, -0.15) is 0 Å². The fraction of sp³-hybridized carbons (Fsp3) is 0.588. The van der Waals surface area contributed by atoms with Crippen molar-refractivity contribution in [3.63, 3.8) is 0 Å². The molecule has 1 aromatic rings. The van der Waals surface area contributed by atoms with Gasteiger partial charge < -0.3 is 28.8 Å². The molecule has 0 aliphatic carbocycles. The van der Waals surface area contributed by atoms with Crippen LogP contribution in [0.3, 0.4) is 0 Å². The maximum Gasteiger partial charge on any atom is 0.305 e. The number of aliphatic carboxylic acids is 1. The van der Waals surface area contributed by atoms with Gasteiger partial charge in [0.05, 0.1) is 59.3 Å². The zero-order valence-electron chi connectivity index (χ0n) is 13.9. The molecule has 24 heavy (non-hydrogen) atoms. The Labute approximate surface area is 142 Å². The Morgan fingerprint density at radius 3 is 1.67 bits per heavy atom. The second-order valence-corrected chi connectivity index (χ2v) is 4.75. The minimum Gasteiger partial charge on any atom is -0.491 e. The summed E-state index contributed by atoms with van der Waals surface area (Å²) in [6.07, 6.45) is 0.0134. The van der Waals surface area contributed by atoms with Crippen LogP contribution in [0.1, 0.15) is 6.42 Å². The number of hydrogen-bond donors (Lipinski definition) is 1. The predicted molar refractivity (Wildman–Crippen MR) is 87.5 cm³/mol. The van der Waals surface area contributed by atoms with Gasteiger partial charge in [-0.15, -0.1) is 0 Å². The summed E-state index contributed by atoms with van der Waals surface area (Å²) in [5.41, 5.74) is 0. The standard InChI is InChI=1S/C17H26O7/c18-17(19)6-7-20-8-9-21-10-11-22-12-13-23-14-15-24-16-4-2-1-3-5-16/h1-5H,6-15H2,(H,18,19). The fourth-order valence-corrected chi connectivity index (χ4v) is 1.66. The van der Waals surface area contributed by atoms with E-state index >= 15 is 0 Å². The van der Waals surface area contributed by atoms with Gasteiger partial charge in [-0.1, -0.05) is 18.2 Å². The van der Waals surface area contributed by atoms with Crippen LogP contribution in [0.15, 0.2) is 30.3 Å². The summed E-state index contributed by atoms with van der Waals surface area (Å²) in [6.45, 7) is 4.02. The van der Waals surface area contributed by atoms with Crippen LogP contribution in [0.4, 0.5) is 0 Å². The molecule has 1 aromatic carbocycles. The van der Waals surface area contributed by atoms with Gasteiger partial charge in [0, 0.05) is 0 Å². The molecule has 1 rings (SSSR count). The maximum atomic E-state index is 10.2. The van der Waals surface area contributed by atoms with E-state index in [0.29, 0.717) is 52.9 Å². The number of rotatable bonds is 16. The summed E-state index contributed by atoms with van der Waals surface area (Å²) in [5, 5.41) is 8.41. The van der Waals surface area contributed by atoms with Gasteiger partial charge >= 0.3 is 5.97 Å². The first-order chi connectivity index (χ1) is 11.8. The van der Waals surface area contributed by atoms with Crippen LogP contribution < -0.4 is 4.74 Å². The lowest BCUT2D eigenvalue weighted by atomic mass is 10.3. The molecule has 0 heterocycles. The molecule has 0 atom stereocenters. The zero-order chi connectivity index (χ0) is 17.3. The third-order valence-electron chi connectivity index (χ3n) is 2.82. The van der Waals surface area contributed by atoms with Crippen LogP contribution in [0.5, 0.6) is 5.75 Å². The van der Waals surface area contributed by atoms with Gasteiger partial charge in [-0.25, -0.2) is 0 Å². The third-order valence-corrected chi connectivity index (χ3v) is 2.82. The Morgan fingerprint density at radius 2 is 1.17 bits per heavy atom. The molecular weight excluding hydrogens is 316 g/mol. The molecule has 0 unspecified atom stereocenters. The lowest BCUT2D eigenvalue weighted by Crippen LogP contribution is -2.14. The maximum absolute atomic E-state index is 10.2. The van der Waals surface area contributed by atoms with Crippen molar-refractivity contribution in [1.29, 1.82) is 0 Å². The van der Waals surface area contributed by atoms with E-state index in [2.05, 4.69) is 0 Å². The Balaban J connectivity index is 1.72. The quantitative estimate of drug-likeness (QED) is 0.457. The smallest absolute Gasteiger partial charge is 0.305 e. The lowest BCUT2D eigenvalue weighted by Gasteiger charge is -2.08. The topological polar surface area (TPSA) is 83.5 Å². The van der Waals surface area contributed by atoms with Crippen LogP contribution in [-0.2, 0) is 23.7 Å². The number of carboxylic acid groups (broad SMARTS) is 1. The average Bonchev–Trinajstić information content (AvgIpc) is 2.59. The fourth-order valence-electron chi connectivity index (χ4n) is 1.66. The summed E-state index contributed by atoms with van der Waals surface area (Å²) < 4.78 is 26.6. The van der Waals surface area contributed by atoms with Crippen LogP contribution >= 0.6 is 0 Å². The summed E-state index contributed by atoms with van der Waals surface area (Å²) in [6, 6.07) is 9.60. The molecule has 0 amide bonds. The number of ether oxygens (including phenoxy) is 5. The van der Waals surface area contributed by atoms with Crippen molar-refractivity contribution in [2.75, 3.05) is 59.5 Å². The van der Waals surface area contributed by atoms with Crippen molar-refractivity contribution in [3.05, 3.63) is 30.3 Å². The molecule has 0 aromatic heterocycles. The van der Waals surface area contributed by atoms with Gasteiger partial charge in [0.1, 0.15) is 12.4 Å². The molecule has 136 valence electrons. The van der Waals surface area contributed by atoms with E-state index in [1.54, 1.807) is 0 Å². The van der Waals surface area contributed by atoms with Crippen molar-refractivity contribution >= 4 is 5.97 Å². The molecule has 0 saturated carbocycles. The summed E-state index contributed by atoms with van der Waals surface area (Å²) >= 11 is 0. The zero-order valence-corrected chi connectivity index (χ0v) is 13.9. The number of carboxylic acids is 1. The van der Waals surface area contributed by atoms with E-state index < -0.39 is 5.97 Å². The van der Waals surface area contributed by atoms with Gasteiger partial charge in [-0.05, 0) is 12.1 Å². The van der Waals surface area contributed by atoms with Crippen molar-refractivity contribution in [1.82, 2.24) is 0 Å². The average molecular weight is 342 g/mol. The van der Waals surface area contributed by atoms with Crippen LogP contribution in [-0.4, -0.2) is 70.5 Å². The monoisotopic (exact) mass is 342 g/mol. The Bertz CT molecular complexity index is 411. The summed E-state index contributed by atoms with van der Waals surface area (Å²) in [7, 11) is 0. The van der Waals surface area contributed by atoms with Crippen molar-refractivity contribution in [3.8, 4) is 5.75 Å². The Morgan fingerprint density at radius 1 is 0.708 bits per heavy atom. The van der Waals surface area contributed by atoms with Gasteiger partial charge in [0.15, 0.2) is 0 Å². The Kier molecular flexibility index (Phi) is 12.6. The highest BCUT2D eigenvalue weighted by Crippen LogP contribution is 2.07. The second kappa shape index (κ2) is 14.9. The molecule has 7 heteroatoms. The first kappa shape index (κ1) is 20.4. The van der Waals surface area contributed by atoms with E-state index in [1.165, 1.54) is 0 Å². The highest BCUT2D eigenvalue weighted by molar-refractivity contribution is 5.66. The van der Waals surface area contributed by atoms with E-state index in [4.69, 9.17) is 28.8 Å². The first-order valence-electron chi connectivity index (χ1n) is 7.99. The van der Waals surface area contributed by atoms with Crippen LogP contribution in [0.25, 0.3) is 0 Å². The predicted octanol–water partition coefficient (Wildman–Crippen LogP) is 1.61. The number of carbonyl (C=O) groups is 1. The van der Waals surface area contributed by atoms with E-state index in [-0.39, 0.29) is 13.0 Å². The van der Waals surface area contributed by atoms with Crippen LogP contribution in [0, 0.1) is 0 Å². The molecule has 0 aliphatic heterocycles. The van der Waals surface area contributed by atoms with Crippen molar-refractivity contribution in [2.24, 2.45) is 0 Å². The SMILES string of the molecule is O=C(O)CCOCCOCCOCCOCCOc1ccccc1. The minimum atomic E-state index is -0.863. The van der Waals surface area contributed by atoms with Crippen molar-refractivity contribution in [2.45, 2.75) is 6.42 Å². The Hall–Kier alpha value is -1.67. The number of benzene rings is 1. The highest BCUT2D eigenvalue weighted by atomic mass is 16.6. The van der Waals surface area contributed by atoms with E-state index in [9.17, 15) is 4.79 Å². The first-order valence-corrected chi connectivity index (χ1v) is 7.99. The van der Waals surface area contributed by atoms with E-state index in [0.717, 1.165) is 5.75 Å². The number of para-hydroxylation sites is 1. The van der Waals surface area contributed by atoms with E-state index in [1.807, 2.05) is 30.3 Å². The molecule has 1 N–H and O–H groups in total. The third kappa shape index (κ3) is 12.8. The summed E-state index contributed by atoms with van der Waals surface area (Å²) in [4.78, 5) is 10.2. The van der Waals surface area contributed by atoms with Gasteiger partial charge in [-0.3, -0.25) is 4.79 Å². The highest BCUT2D eigenvalue weighted by Gasteiger charge is 1.96. The summed E-state index contributed by atoms with van der Waals surface area (Å²) in [5.74, 6) is -0.0281. The molecule has 0 radical (unpaired) electrons. The second-order valence-electron chi connectivity index (χ2n) is 4.75. The van der Waals surface area contributed by atoms with Gasteiger partial charge in [0.25, 0.3) is 0 Å². The molecule has 7 nitrogen and oxygen atoms in total. The minimum absolute atomic E-state index is 0.0134. The molecule has 0 aliphatic rings. The molecule has 0 bridgehead atoms. The molecule has 0 saturated heterocycles. The lowest BCUT2D eigenvalue weighted by molar-refractivity contribution is -0.138. The van der Waals surface area contributed by atoms with Gasteiger partial charge in [0.2, 0.25) is 0 Å². The van der Waals surface area contributed by atoms with Crippen molar-refractivity contribution < 1.29 is 33.6 Å². The number of hydrogen-bond acceptors (Lipinski definition) is 6. The largest absolute Gasteiger partial charge is 0.491 e. The van der Waals surface area contributed by atoms with Crippen LogP contribution in [0.2, 0.25) is 0 Å².